The van der Waals surface area contributed by atoms with E-state index >= 15 is 0 Å². The van der Waals surface area contributed by atoms with Crippen molar-refractivity contribution >= 4 is 6.09 Å². The van der Waals surface area contributed by atoms with Crippen molar-refractivity contribution in [2.75, 3.05) is 7.11 Å². The van der Waals surface area contributed by atoms with Crippen LogP contribution in [0.25, 0.3) is 0 Å². The minimum Gasteiger partial charge on any atom is -0.497 e. The topological polar surface area (TPSA) is 68.2 Å². The van der Waals surface area contributed by atoms with Crippen molar-refractivity contribution in [3.05, 3.63) is 91.0 Å². The van der Waals surface area contributed by atoms with Crippen LogP contribution in [0.5, 0.6) is 5.75 Å². The van der Waals surface area contributed by atoms with Gasteiger partial charge in [0.15, 0.2) is 0 Å². The van der Waals surface area contributed by atoms with E-state index < -0.39 is 29.9 Å². The Bertz CT molecular complexity index is 905. The van der Waals surface area contributed by atoms with Crippen molar-refractivity contribution in [3.8, 4) is 5.75 Å². The number of aliphatic hydroxyl groups is 1. The fraction of sp³-hybridized carbons (Fsp3) is 0.393. The second-order valence-corrected chi connectivity index (χ2v) is 9.04. The highest BCUT2D eigenvalue weighted by atomic mass is 16.6. The van der Waals surface area contributed by atoms with E-state index in [2.05, 4.69) is 13.2 Å². The van der Waals surface area contributed by atoms with Crippen LogP contribution in [0.3, 0.4) is 0 Å². The Kier molecular flexibility index (Phi) is 10.4. The molecular weight excluding hydrogens is 430 g/mol. The summed E-state index contributed by atoms with van der Waals surface area (Å²) in [5.41, 5.74) is 1.15. The highest BCUT2D eigenvalue weighted by molar-refractivity contribution is 5.69. The molecule has 1 unspecified atom stereocenters. The Morgan fingerprint density at radius 2 is 1.71 bits per heavy atom. The van der Waals surface area contributed by atoms with Gasteiger partial charge in [-0.25, -0.2) is 4.79 Å². The lowest BCUT2D eigenvalue weighted by Gasteiger charge is -2.38. The minimum atomic E-state index is -1.01. The monoisotopic (exact) mass is 467 g/mol. The van der Waals surface area contributed by atoms with Gasteiger partial charge in [-0.05, 0) is 50.5 Å². The van der Waals surface area contributed by atoms with E-state index in [4.69, 9.17) is 14.2 Å². The molecule has 0 radical (unpaired) electrons. The molecule has 0 spiro atoms. The Hall–Kier alpha value is -3.09. The smallest absolute Gasteiger partial charge is 0.410 e. The number of benzene rings is 2. The van der Waals surface area contributed by atoms with Crippen LogP contribution in [0.1, 0.15) is 38.3 Å². The lowest BCUT2D eigenvalue weighted by molar-refractivity contribution is -0.0783. The molecule has 0 aliphatic rings. The van der Waals surface area contributed by atoms with Crippen LogP contribution in [0.15, 0.2) is 79.9 Å². The Morgan fingerprint density at radius 3 is 2.24 bits per heavy atom. The summed E-state index contributed by atoms with van der Waals surface area (Å²) in [7, 11) is 1.60. The first-order chi connectivity index (χ1) is 16.2. The van der Waals surface area contributed by atoms with Crippen molar-refractivity contribution in [3.63, 3.8) is 0 Å². The number of carbonyl (C=O) groups excluding carboxylic acids is 1. The lowest BCUT2D eigenvalue weighted by Crippen LogP contribution is -2.52. The summed E-state index contributed by atoms with van der Waals surface area (Å²) in [6, 6.07) is 16.6. The summed E-state index contributed by atoms with van der Waals surface area (Å²) in [6.45, 7) is 13.6. The number of hydrogen-bond acceptors (Lipinski definition) is 5. The number of rotatable bonds is 12. The van der Waals surface area contributed by atoms with Gasteiger partial charge >= 0.3 is 6.09 Å². The van der Waals surface area contributed by atoms with Gasteiger partial charge in [0.25, 0.3) is 0 Å². The van der Waals surface area contributed by atoms with Crippen LogP contribution >= 0.6 is 0 Å². The molecule has 0 saturated carbocycles. The quantitative estimate of drug-likeness (QED) is 0.417. The molecule has 6 heteroatoms. The molecule has 0 bridgehead atoms. The van der Waals surface area contributed by atoms with E-state index in [1.807, 2.05) is 75.4 Å². The molecule has 0 aliphatic heterocycles. The van der Waals surface area contributed by atoms with E-state index in [0.29, 0.717) is 6.42 Å². The fourth-order valence-electron chi connectivity index (χ4n) is 3.51. The molecule has 0 heterocycles. The molecule has 184 valence electrons. The van der Waals surface area contributed by atoms with Crippen molar-refractivity contribution in [2.24, 2.45) is 0 Å². The van der Waals surface area contributed by atoms with Gasteiger partial charge in [0, 0.05) is 6.54 Å². The van der Waals surface area contributed by atoms with E-state index in [1.165, 1.54) is 6.08 Å². The third kappa shape index (κ3) is 8.36. The van der Waals surface area contributed by atoms with Gasteiger partial charge in [0.2, 0.25) is 0 Å². The molecule has 1 amide bonds. The van der Waals surface area contributed by atoms with Crippen LogP contribution in [0.2, 0.25) is 0 Å². The number of amides is 1. The first kappa shape index (κ1) is 27.2. The van der Waals surface area contributed by atoms with Gasteiger partial charge in [0.1, 0.15) is 23.6 Å². The number of methoxy groups -OCH3 is 1. The molecule has 34 heavy (non-hydrogen) atoms. The maximum absolute atomic E-state index is 13.4. The lowest BCUT2D eigenvalue weighted by atomic mass is 9.99. The van der Waals surface area contributed by atoms with E-state index in [-0.39, 0.29) is 13.2 Å². The first-order valence-corrected chi connectivity index (χ1v) is 11.4. The molecule has 6 nitrogen and oxygen atoms in total. The van der Waals surface area contributed by atoms with Crippen molar-refractivity contribution in [2.45, 2.75) is 64.2 Å². The zero-order valence-corrected chi connectivity index (χ0v) is 20.6. The first-order valence-electron chi connectivity index (χ1n) is 11.4. The Labute approximate surface area is 203 Å². The molecule has 1 N–H and O–H groups in total. The number of nitrogens with zero attached hydrogens (tertiary/aromatic N) is 1. The summed E-state index contributed by atoms with van der Waals surface area (Å²) in [5, 5.41) is 10.8. The van der Waals surface area contributed by atoms with Gasteiger partial charge < -0.3 is 19.3 Å². The highest BCUT2D eigenvalue weighted by Crippen LogP contribution is 2.24. The normalized spacial score (nSPS) is 13.9. The predicted octanol–water partition coefficient (Wildman–Crippen LogP) is 5.51. The zero-order valence-electron chi connectivity index (χ0n) is 20.6. The standard InChI is InChI=1S/C28H37NO5/c1-7-12-24(26(25(30)8-2)33-20-22-13-10-9-11-14-22)29(27(31)34-28(3,4)5)19-21-15-17-23(32-6)18-16-21/h7-11,13-18,24-26,30H,1-2,12,19-20H2,3-6H3/t24-,25?,26+/m1/s1. The second-order valence-electron chi connectivity index (χ2n) is 9.04. The largest absolute Gasteiger partial charge is 0.497 e. The van der Waals surface area contributed by atoms with Gasteiger partial charge in [-0.1, -0.05) is 54.6 Å². The van der Waals surface area contributed by atoms with Crippen LogP contribution in [0, 0.1) is 0 Å². The average molecular weight is 468 g/mol. The summed E-state index contributed by atoms with van der Waals surface area (Å²) in [4.78, 5) is 15.0. The van der Waals surface area contributed by atoms with E-state index in [0.717, 1.165) is 16.9 Å². The molecule has 2 rings (SSSR count). The zero-order chi connectivity index (χ0) is 25.1. The number of hydrogen-bond donors (Lipinski definition) is 1. The van der Waals surface area contributed by atoms with Gasteiger partial charge in [0.05, 0.1) is 19.8 Å². The Balaban J connectivity index is 2.41. The summed E-state index contributed by atoms with van der Waals surface area (Å²) in [6.07, 6.45) is 1.27. The third-order valence-corrected chi connectivity index (χ3v) is 5.19. The van der Waals surface area contributed by atoms with Crippen LogP contribution in [-0.2, 0) is 22.6 Å². The Morgan fingerprint density at radius 1 is 1.06 bits per heavy atom. The van der Waals surface area contributed by atoms with E-state index in [1.54, 1.807) is 18.1 Å². The summed E-state index contributed by atoms with van der Waals surface area (Å²) in [5.74, 6) is 0.723. The molecule has 0 aliphatic carbocycles. The number of aliphatic hydroxyl groups excluding tert-OH is 1. The van der Waals surface area contributed by atoms with Gasteiger partial charge in [-0.3, -0.25) is 4.90 Å². The molecule has 2 aromatic carbocycles. The fourth-order valence-corrected chi connectivity index (χ4v) is 3.51. The number of ether oxygens (including phenoxy) is 3. The maximum Gasteiger partial charge on any atom is 0.410 e. The molecule has 2 aromatic rings. The van der Waals surface area contributed by atoms with Crippen LogP contribution in [-0.4, -0.2) is 47.1 Å². The van der Waals surface area contributed by atoms with E-state index in [9.17, 15) is 9.90 Å². The van der Waals surface area contributed by atoms with Gasteiger partial charge in [-0.15, -0.1) is 13.2 Å². The summed E-state index contributed by atoms with van der Waals surface area (Å²) >= 11 is 0. The molecule has 0 aromatic heterocycles. The highest BCUT2D eigenvalue weighted by Gasteiger charge is 2.36. The number of carbonyl (C=O) groups is 1. The van der Waals surface area contributed by atoms with Gasteiger partial charge in [-0.2, -0.15) is 0 Å². The van der Waals surface area contributed by atoms with Crippen LogP contribution < -0.4 is 4.74 Å². The van der Waals surface area contributed by atoms with Crippen molar-refractivity contribution in [1.29, 1.82) is 0 Å². The predicted molar refractivity (Wildman–Crippen MR) is 135 cm³/mol. The molecular formula is C28H37NO5. The molecule has 0 saturated heterocycles. The second kappa shape index (κ2) is 13.0. The molecule has 3 atom stereocenters. The SMILES string of the molecule is C=CC[C@H]([C@H](OCc1ccccc1)C(O)C=C)N(Cc1ccc(OC)cc1)C(=O)OC(C)(C)C. The van der Waals surface area contributed by atoms with Crippen molar-refractivity contribution in [1.82, 2.24) is 4.90 Å². The van der Waals surface area contributed by atoms with Crippen molar-refractivity contribution < 1.29 is 24.1 Å². The molecule has 0 fully saturated rings. The maximum atomic E-state index is 13.4. The minimum absolute atomic E-state index is 0.256. The van der Waals surface area contributed by atoms with Crippen LogP contribution in [0.4, 0.5) is 4.79 Å². The summed E-state index contributed by atoms with van der Waals surface area (Å²) < 4.78 is 17.2. The average Bonchev–Trinajstić information content (AvgIpc) is 2.81. The third-order valence-electron chi connectivity index (χ3n) is 5.19.